The second kappa shape index (κ2) is 6.84. The maximum Gasteiger partial charge on any atom is 0.239 e. The molecule has 1 atom stereocenters. The number of amides is 1. The van der Waals surface area contributed by atoms with Crippen molar-refractivity contribution < 1.29 is 4.79 Å². The van der Waals surface area contributed by atoms with Crippen molar-refractivity contribution in [3.63, 3.8) is 0 Å². The molecule has 0 radical (unpaired) electrons. The number of benzene rings is 1. The molecule has 2 aromatic rings. The molecule has 0 bridgehead atoms. The smallest absolute Gasteiger partial charge is 0.239 e. The van der Waals surface area contributed by atoms with Crippen LogP contribution in [0.5, 0.6) is 0 Å². The molecule has 4 nitrogen and oxygen atoms in total. The molecule has 2 heterocycles. The van der Waals surface area contributed by atoms with Gasteiger partial charge in [0.05, 0.1) is 0 Å². The number of aromatic nitrogens is 1. The van der Waals surface area contributed by atoms with E-state index < -0.39 is 0 Å². The molecular weight excluding hydrogens is 342 g/mol. The highest BCUT2D eigenvalue weighted by Gasteiger charge is 2.23. The summed E-state index contributed by atoms with van der Waals surface area (Å²) in [5.74, 6) is 0.0837. The minimum Gasteiger partial charge on any atom is -0.353 e. The van der Waals surface area contributed by atoms with Gasteiger partial charge in [-0.2, -0.15) is 0 Å². The zero-order chi connectivity index (χ0) is 15.5. The topological polar surface area (TPSA) is 37.3 Å². The van der Waals surface area contributed by atoms with E-state index in [4.69, 9.17) is 0 Å². The molecule has 1 aliphatic rings. The van der Waals surface area contributed by atoms with Gasteiger partial charge in [-0.15, -0.1) is 0 Å². The normalized spacial score (nSPS) is 18.9. The lowest BCUT2D eigenvalue weighted by molar-refractivity contribution is -0.121. The first-order valence-corrected chi connectivity index (χ1v) is 8.72. The third kappa shape index (κ3) is 3.20. The van der Waals surface area contributed by atoms with Gasteiger partial charge in [-0.3, -0.25) is 9.69 Å². The van der Waals surface area contributed by atoms with Gasteiger partial charge in [0, 0.05) is 34.2 Å². The van der Waals surface area contributed by atoms with Crippen molar-refractivity contribution in [1.82, 2.24) is 14.8 Å². The molecule has 1 saturated heterocycles. The fourth-order valence-corrected chi connectivity index (χ4v) is 3.80. The van der Waals surface area contributed by atoms with Gasteiger partial charge in [-0.1, -0.05) is 28.9 Å². The first kappa shape index (κ1) is 15.6. The molecule has 0 unspecified atom stereocenters. The highest BCUT2D eigenvalue weighted by atomic mass is 79.9. The van der Waals surface area contributed by atoms with E-state index in [0.717, 1.165) is 35.0 Å². The third-order valence-corrected chi connectivity index (χ3v) is 5.21. The van der Waals surface area contributed by atoms with E-state index >= 15 is 0 Å². The number of halogens is 1. The monoisotopic (exact) mass is 363 g/mol. The van der Waals surface area contributed by atoms with Crippen LogP contribution in [-0.2, 0) is 11.3 Å². The van der Waals surface area contributed by atoms with Gasteiger partial charge in [-0.25, -0.2) is 0 Å². The van der Waals surface area contributed by atoms with Gasteiger partial charge < -0.3 is 9.88 Å². The Labute approximate surface area is 139 Å². The van der Waals surface area contributed by atoms with Crippen molar-refractivity contribution in [2.45, 2.75) is 32.4 Å². The van der Waals surface area contributed by atoms with Crippen LogP contribution in [0.2, 0.25) is 0 Å². The van der Waals surface area contributed by atoms with Crippen molar-refractivity contribution in [1.29, 1.82) is 0 Å². The minimum absolute atomic E-state index is 0.0837. The summed E-state index contributed by atoms with van der Waals surface area (Å²) in [5, 5.41) is 4.24. The Morgan fingerprint density at radius 2 is 2.27 bits per heavy atom. The van der Waals surface area contributed by atoms with Gasteiger partial charge >= 0.3 is 0 Å². The van der Waals surface area contributed by atoms with Crippen LogP contribution in [0.1, 0.15) is 19.8 Å². The van der Waals surface area contributed by atoms with Crippen LogP contribution >= 0.6 is 15.9 Å². The number of nitrogens with zero attached hydrogens (tertiary/aromatic N) is 2. The lowest BCUT2D eigenvalue weighted by atomic mass is 10.2. The number of carbonyl (C=O) groups is 1. The summed E-state index contributed by atoms with van der Waals surface area (Å²) in [7, 11) is 0. The van der Waals surface area contributed by atoms with Crippen LogP contribution in [0, 0.1) is 0 Å². The number of hydrogen-bond acceptors (Lipinski definition) is 2. The number of carbonyl (C=O) groups excluding carboxylic acids is 1. The van der Waals surface area contributed by atoms with E-state index in [1.54, 1.807) is 0 Å². The Morgan fingerprint density at radius 1 is 1.41 bits per heavy atom. The summed E-state index contributed by atoms with van der Waals surface area (Å²) in [6, 6.07) is 8.61. The molecule has 3 rings (SSSR count). The fraction of sp³-hybridized carbons (Fsp3) is 0.471. The van der Waals surface area contributed by atoms with Crippen molar-refractivity contribution in [2.24, 2.45) is 0 Å². The van der Waals surface area contributed by atoms with E-state index in [2.05, 4.69) is 33.1 Å². The summed E-state index contributed by atoms with van der Waals surface area (Å²) >= 11 is 3.55. The fourth-order valence-electron chi connectivity index (χ4n) is 3.31. The first-order chi connectivity index (χ1) is 10.7. The van der Waals surface area contributed by atoms with Crippen molar-refractivity contribution >= 4 is 32.7 Å². The molecule has 5 heteroatoms. The predicted molar refractivity (Wildman–Crippen MR) is 92.9 cm³/mol. The first-order valence-electron chi connectivity index (χ1n) is 7.93. The van der Waals surface area contributed by atoms with Gasteiger partial charge in [-0.05, 0) is 44.1 Å². The summed E-state index contributed by atoms with van der Waals surface area (Å²) in [4.78, 5) is 14.7. The minimum atomic E-state index is 0.0837. The highest BCUT2D eigenvalue weighted by molar-refractivity contribution is 9.10. The van der Waals surface area contributed by atoms with Crippen molar-refractivity contribution in [3.8, 4) is 0 Å². The Morgan fingerprint density at radius 3 is 3.09 bits per heavy atom. The van der Waals surface area contributed by atoms with Crippen LogP contribution in [0.25, 0.3) is 10.9 Å². The second-order valence-electron chi connectivity index (χ2n) is 5.84. The quantitative estimate of drug-likeness (QED) is 0.886. The average molecular weight is 364 g/mol. The summed E-state index contributed by atoms with van der Waals surface area (Å²) in [6.07, 6.45) is 4.40. The second-order valence-corrected chi connectivity index (χ2v) is 6.70. The Kier molecular flexibility index (Phi) is 4.84. The standard InChI is InChI=1S/C17H22BrN3O/c1-2-20-9-4-5-13(20)11-19-17(22)12-21-10-8-14-15(18)6-3-7-16(14)21/h3,6-8,10,13H,2,4-5,9,11-12H2,1H3,(H,19,22)/t13-/m1/s1. The van der Waals surface area contributed by atoms with Crippen LogP contribution in [0.4, 0.5) is 0 Å². The van der Waals surface area contributed by atoms with Crippen LogP contribution in [0.15, 0.2) is 34.9 Å². The van der Waals surface area contributed by atoms with Crippen LogP contribution in [0.3, 0.4) is 0 Å². The zero-order valence-electron chi connectivity index (χ0n) is 12.9. The number of rotatable bonds is 5. The van der Waals surface area contributed by atoms with Crippen molar-refractivity contribution in [3.05, 3.63) is 34.9 Å². The highest BCUT2D eigenvalue weighted by Crippen LogP contribution is 2.24. The summed E-state index contributed by atoms with van der Waals surface area (Å²) < 4.78 is 3.07. The van der Waals surface area contributed by atoms with E-state index in [0.29, 0.717) is 12.6 Å². The maximum absolute atomic E-state index is 12.2. The SMILES string of the molecule is CCN1CCC[C@@H]1CNC(=O)Cn1ccc2c(Br)cccc21. The Balaban J connectivity index is 1.60. The molecule has 1 N–H and O–H groups in total. The molecule has 0 spiro atoms. The number of likely N-dealkylation sites (tertiary alicyclic amines) is 1. The van der Waals surface area contributed by atoms with Crippen LogP contribution < -0.4 is 5.32 Å². The summed E-state index contributed by atoms with van der Waals surface area (Å²) in [6.45, 7) is 5.54. The zero-order valence-corrected chi connectivity index (χ0v) is 14.5. The molecule has 1 aromatic carbocycles. The third-order valence-electron chi connectivity index (χ3n) is 4.51. The lowest BCUT2D eigenvalue weighted by Crippen LogP contribution is -2.40. The molecule has 1 amide bonds. The van der Waals surface area contributed by atoms with E-state index in [9.17, 15) is 4.79 Å². The summed E-state index contributed by atoms with van der Waals surface area (Å²) in [5.41, 5.74) is 1.08. The van der Waals surface area contributed by atoms with E-state index in [-0.39, 0.29) is 5.91 Å². The lowest BCUT2D eigenvalue weighted by Gasteiger charge is -2.22. The molecule has 1 aromatic heterocycles. The maximum atomic E-state index is 12.2. The largest absolute Gasteiger partial charge is 0.353 e. The number of fused-ring (bicyclic) bond motifs is 1. The molecule has 1 aliphatic heterocycles. The van der Waals surface area contributed by atoms with Crippen molar-refractivity contribution in [2.75, 3.05) is 19.6 Å². The molecule has 118 valence electrons. The predicted octanol–water partition coefficient (Wildman–Crippen LogP) is 3.00. The molecular formula is C17H22BrN3O. The van der Waals surface area contributed by atoms with E-state index in [1.807, 2.05) is 35.0 Å². The molecule has 1 fully saturated rings. The Hall–Kier alpha value is -1.33. The number of likely N-dealkylation sites (N-methyl/N-ethyl adjacent to an activating group) is 1. The molecule has 22 heavy (non-hydrogen) atoms. The number of hydrogen-bond donors (Lipinski definition) is 1. The van der Waals surface area contributed by atoms with Gasteiger partial charge in [0.25, 0.3) is 0 Å². The van der Waals surface area contributed by atoms with Gasteiger partial charge in [0.2, 0.25) is 5.91 Å². The molecule has 0 saturated carbocycles. The number of nitrogens with one attached hydrogen (secondary N) is 1. The van der Waals surface area contributed by atoms with Gasteiger partial charge in [0.1, 0.15) is 6.54 Å². The molecule has 0 aliphatic carbocycles. The van der Waals surface area contributed by atoms with Gasteiger partial charge in [0.15, 0.2) is 0 Å². The average Bonchev–Trinajstić information content (AvgIpc) is 3.13. The van der Waals surface area contributed by atoms with E-state index in [1.165, 1.54) is 12.8 Å². The Bertz CT molecular complexity index is 667. The van der Waals surface area contributed by atoms with Crippen LogP contribution in [-0.4, -0.2) is 41.1 Å².